The van der Waals surface area contributed by atoms with Crippen LogP contribution in [0, 0.1) is 17.0 Å². The van der Waals surface area contributed by atoms with Crippen molar-refractivity contribution in [2.75, 3.05) is 5.32 Å². The van der Waals surface area contributed by atoms with Gasteiger partial charge in [-0.25, -0.2) is 0 Å². The van der Waals surface area contributed by atoms with Crippen LogP contribution in [0.4, 0.5) is 11.5 Å². The molecule has 4 rings (SSSR count). The highest BCUT2D eigenvalue weighted by Crippen LogP contribution is 2.25. The maximum atomic E-state index is 13.0. The maximum Gasteiger partial charge on any atom is 0.389 e. The van der Waals surface area contributed by atoms with Crippen molar-refractivity contribution < 1.29 is 19.0 Å². The largest absolute Gasteiger partial charge is 0.389 e. The minimum absolute atomic E-state index is 0.0290. The van der Waals surface area contributed by atoms with Gasteiger partial charge in [-0.3, -0.25) is 9.59 Å². The minimum atomic E-state index is -0.618. The van der Waals surface area contributed by atoms with Gasteiger partial charge in [0.2, 0.25) is 0 Å². The summed E-state index contributed by atoms with van der Waals surface area (Å²) in [6, 6.07) is 14.4. The Morgan fingerprint density at radius 3 is 2.64 bits per heavy atom. The molecule has 0 aliphatic heterocycles. The Labute approximate surface area is 191 Å². The highest BCUT2D eigenvalue weighted by Gasteiger charge is 2.24. The molecular weight excluding hydrogens is 450 g/mol. The molecule has 0 saturated heterocycles. The number of anilines is 1. The number of nitro groups is 1. The van der Waals surface area contributed by atoms with E-state index in [4.69, 9.17) is 16.1 Å². The molecule has 2 aromatic carbocycles. The van der Waals surface area contributed by atoms with Crippen molar-refractivity contribution >= 4 is 34.8 Å². The van der Waals surface area contributed by atoms with E-state index in [2.05, 4.69) is 15.6 Å². The van der Waals surface area contributed by atoms with Gasteiger partial charge in [0.25, 0.3) is 5.91 Å². The summed E-state index contributed by atoms with van der Waals surface area (Å²) >= 11 is 6.10. The molecule has 0 aliphatic carbocycles. The van der Waals surface area contributed by atoms with Gasteiger partial charge in [0.15, 0.2) is 11.5 Å². The molecule has 0 radical (unpaired) electrons. The topological polar surface area (TPSA) is 133 Å². The van der Waals surface area contributed by atoms with Crippen molar-refractivity contribution in [3.05, 3.63) is 104 Å². The highest BCUT2D eigenvalue weighted by atomic mass is 35.5. The zero-order chi connectivity index (χ0) is 23.5. The van der Waals surface area contributed by atoms with E-state index in [1.165, 1.54) is 29.1 Å². The fraction of sp³-hybridized carbons (Fsp3) is 0.0909. The Bertz CT molecular complexity index is 1360. The van der Waals surface area contributed by atoms with E-state index in [0.717, 1.165) is 0 Å². The van der Waals surface area contributed by atoms with Gasteiger partial charge < -0.3 is 20.0 Å². The Balaban J connectivity index is 1.62. The average Bonchev–Trinajstić information content (AvgIpc) is 3.42. The second-order valence-corrected chi connectivity index (χ2v) is 7.47. The van der Waals surface area contributed by atoms with Crippen molar-refractivity contribution in [1.29, 1.82) is 0 Å². The van der Waals surface area contributed by atoms with Gasteiger partial charge in [-0.1, -0.05) is 47.1 Å². The Morgan fingerprint density at radius 1 is 1.18 bits per heavy atom. The number of nitrogens with zero attached hydrogens (tertiary/aromatic N) is 4. The lowest BCUT2D eigenvalue weighted by molar-refractivity contribution is -0.389. The number of hydrogen-bond donors (Lipinski definition) is 1. The number of aryl methyl sites for hydroxylation is 1. The number of halogens is 1. The van der Waals surface area contributed by atoms with Gasteiger partial charge in [0.1, 0.15) is 5.76 Å². The number of benzene rings is 2. The van der Waals surface area contributed by atoms with Gasteiger partial charge in [0, 0.05) is 16.1 Å². The summed E-state index contributed by atoms with van der Waals surface area (Å²) in [4.78, 5) is 36.3. The van der Waals surface area contributed by atoms with Gasteiger partial charge in [-0.05, 0) is 30.0 Å². The number of ketones is 1. The van der Waals surface area contributed by atoms with Crippen LogP contribution in [0.3, 0.4) is 0 Å². The zero-order valence-corrected chi connectivity index (χ0v) is 17.9. The van der Waals surface area contributed by atoms with Crippen molar-refractivity contribution in [3.8, 4) is 0 Å². The summed E-state index contributed by atoms with van der Waals surface area (Å²) in [6.07, 6.45) is 1.42. The van der Waals surface area contributed by atoms with Crippen LogP contribution in [0.1, 0.15) is 37.7 Å². The van der Waals surface area contributed by atoms with Crippen molar-refractivity contribution in [3.63, 3.8) is 0 Å². The predicted octanol–water partition coefficient (Wildman–Crippen LogP) is 4.27. The van der Waals surface area contributed by atoms with Crippen LogP contribution in [0.25, 0.3) is 0 Å². The van der Waals surface area contributed by atoms with Crippen LogP contribution >= 0.6 is 11.6 Å². The summed E-state index contributed by atoms with van der Waals surface area (Å²) in [7, 11) is 0. The van der Waals surface area contributed by atoms with Crippen LogP contribution < -0.4 is 5.32 Å². The van der Waals surface area contributed by atoms with E-state index < -0.39 is 10.8 Å². The smallest absolute Gasteiger partial charge is 0.361 e. The lowest BCUT2D eigenvalue weighted by Crippen LogP contribution is -2.18. The molecule has 0 atom stereocenters. The third kappa shape index (κ3) is 4.65. The molecule has 2 heterocycles. The fourth-order valence-corrected chi connectivity index (χ4v) is 3.37. The predicted molar refractivity (Wildman–Crippen MR) is 119 cm³/mol. The van der Waals surface area contributed by atoms with E-state index in [0.29, 0.717) is 21.9 Å². The summed E-state index contributed by atoms with van der Waals surface area (Å²) in [5.74, 6) is -0.892. The summed E-state index contributed by atoms with van der Waals surface area (Å²) < 4.78 is 6.48. The first-order valence-electron chi connectivity index (χ1n) is 9.67. The molecule has 0 aliphatic rings. The lowest BCUT2D eigenvalue weighted by Gasteiger charge is -2.11. The number of carbonyl (C=O) groups excluding carboxylic acids is 2. The first kappa shape index (κ1) is 21.9. The number of amides is 1. The summed E-state index contributed by atoms with van der Waals surface area (Å²) in [6.45, 7) is 1.64. The quantitative estimate of drug-likeness (QED) is 0.244. The standard InChI is InChI=1S/C22H16ClN5O5/c1-13-17(12-27-10-9-19(25-27)28(31)32)20(26-33-13)22(30)24-18-8-7-15(23)11-16(18)21(29)14-5-3-2-4-6-14/h2-11H,12H2,1H3,(H,24,30). The Hall–Kier alpha value is -4.31. The SMILES string of the molecule is Cc1onc(C(=O)Nc2ccc(Cl)cc2C(=O)c2ccccc2)c1Cn1ccc([N+](=O)[O-])n1. The van der Waals surface area contributed by atoms with Crippen molar-refractivity contribution in [1.82, 2.24) is 14.9 Å². The number of carbonyl (C=O) groups is 2. The average molecular weight is 466 g/mol. The van der Waals surface area contributed by atoms with E-state index in [-0.39, 0.29) is 35.1 Å². The monoisotopic (exact) mass is 465 g/mol. The third-order valence-corrected chi connectivity index (χ3v) is 5.08. The molecule has 33 heavy (non-hydrogen) atoms. The Morgan fingerprint density at radius 2 is 1.94 bits per heavy atom. The van der Waals surface area contributed by atoms with Crippen LogP contribution in [0.2, 0.25) is 5.02 Å². The van der Waals surface area contributed by atoms with Crippen LogP contribution in [0.15, 0.2) is 65.3 Å². The first-order valence-corrected chi connectivity index (χ1v) is 10.0. The molecule has 10 nitrogen and oxygen atoms in total. The number of hydrogen-bond acceptors (Lipinski definition) is 7. The summed E-state index contributed by atoms with van der Waals surface area (Å²) in [5, 5.41) is 21.6. The van der Waals surface area contributed by atoms with E-state index in [1.54, 1.807) is 43.3 Å². The van der Waals surface area contributed by atoms with Gasteiger partial charge >= 0.3 is 5.82 Å². The van der Waals surface area contributed by atoms with E-state index in [9.17, 15) is 19.7 Å². The number of rotatable bonds is 7. The molecule has 0 bridgehead atoms. The molecular formula is C22H16ClN5O5. The van der Waals surface area contributed by atoms with E-state index >= 15 is 0 Å². The highest BCUT2D eigenvalue weighted by molar-refractivity contribution is 6.31. The fourth-order valence-electron chi connectivity index (χ4n) is 3.19. The van der Waals surface area contributed by atoms with E-state index in [1.807, 2.05) is 0 Å². The lowest BCUT2D eigenvalue weighted by atomic mass is 10.0. The number of nitrogens with one attached hydrogen (secondary N) is 1. The molecule has 0 fully saturated rings. The van der Waals surface area contributed by atoms with Crippen LogP contribution in [-0.2, 0) is 6.54 Å². The molecule has 1 amide bonds. The normalized spacial score (nSPS) is 10.7. The number of aromatic nitrogens is 3. The van der Waals surface area contributed by atoms with Gasteiger partial charge in [-0.15, -0.1) is 0 Å². The van der Waals surface area contributed by atoms with Crippen molar-refractivity contribution in [2.24, 2.45) is 0 Å². The molecule has 0 saturated carbocycles. The molecule has 0 spiro atoms. The van der Waals surface area contributed by atoms with Gasteiger partial charge in [-0.2, -0.15) is 4.68 Å². The molecule has 166 valence electrons. The zero-order valence-electron chi connectivity index (χ0n) is 17.2. The third-order valence-electron chi connectivity index (χ3n) is 4.84. The molecule has 1 N–H and O–H groups in total. The first-order chi connectivity index (χ1) is 15.8. The Kier molecular flexibility index (Phi) is 6.01. The molecule has 0 unspecified atom stereocenters. The summed E-state index contributed by atoms with van der Waals surface area (Å²) in [5.41, 5.74) is 1.27. The minimum Gasteiger partial charge on any atom is -0.361 e. The molecule has 11 heteroatoms. The molecule has 2 aromatic heterocycles. The van der Waals surface area contributed by atoms with Gasteiger partial charge in [0.05, 0.1) is 35.2 Å². The second-order valence-electron chi connectivity index (χ2n) is 7.03. The van der Waals surface area contributed by atoms with Crippen LogP contribution in [-0.4, -0.2) is 31.6 Å². The van der Waals surface area contributed by atoms with Crippen molar-refractivity contribution in [2.45, 2.75) is 13.5 Å². The second kappa shape index (κ2) is 9.05. The molecule has 4 aromatic rings. The maximum absolute atomic E-state index is 13.0. The van der Waals surface area contributed by atoms with Crippen LogP contribution in [0.5, 0.6) is 0 Å².